The minimum Gasteiger partial charge on any atom is -0.206 e. The van der Waals surface area contributed by atoms with E-state index in [-0.39, 0.29) is 0 Å². The van der Waals surface area contributed by atoms with Crippen molar-refractivity contribution in [2.45, 2.75) is 6.18 Å². The summed E-state index contributed by atoms with van der Waals surface area (Å²) in [5, 5.41) is 11.2. The van der Waals surface area contributed by atoms with Gasteiger partial charge in [0.1, 0.15) is 11.9 Å². The molecule has 0 heterocycles. The fourth-order valence-corrected chi connectivity index (χ4v) is 1.05. The fraction of sp³-hybridized carbons (Fsp3) is 0.125. The first-order valence-electron chi connectivity index (χ1n) is 3.76. The van der Waals surface area contributed by atoms with Gasteiger partial charge in [0, 0.05) is 4.91 Å². The van der Waals surface area contributed by atoms with E-state index in [1.807, 2.05) is 0 Å². The fourth-order valence-electron chi connectivity index (χ4n) is 1.05. The summed E-state index contributed by atoms with van der Waals surface area (Å²) in [5.41, 5.74) is 4.77. The predicted molar refractivity (Wildman–Crippen MR) is 44.9 cm³/mol. The van der Waals surface area contributed by atoms with Gasteiger partial charge >= 0.3 is 6.18 Å². The van der Waals surface area contributed by atoms with Crippen LogP contribution in [0.25, 0.3) is 10.4 Å². The molecule has 0 aromatic heterocycles. The van der Waals surface area contributed by atoms with Gasteiger partial charge in [-0.25, -0.2) is 4.39 Å². The number of rotatable bonds is 1. The van der Waals surface area contributed by atoms with Crippen LogP contribution in [0.4, 0.5) is 23.2 Å². The Hall–Kier alpha value is -2.26. The van der Waals surface area contributed by atoms with Crippen LogP contribution in [0.3, 0.4) is 0 Å². The Labute approximate surface area is 86.3 Å². The molecule has 0 bridgehead atoms. The maximum absolute atomic E-state index is 13.0. The molecule has 0 fully saturated rings. The van der Waals surface area contributed by atoms with Crippen LogP contribution in [0.15, 0.2) is 17.2 Å². The van der Waals surface area contributed by atoms with Gasteiger partial charge in [-0.1, -0.05) is 5.11 Å². The Morgan fingerprint density at radius 3 is 2.44 bits per heavy atom. The van der Waals surface area contributed by atoms with E-state index >= 15 is 0 Å². The SMILES string of the molecule is N#Cc1c(F)ccc(C(F)(F)F)c1N=[N+]=[N-]. The summed E-state index contributed by atoms with van der Waals surface area (Å²) in [5.74, 6) is -1.17. The Bertz CT molecular complexity index is 508. The summed E-state index contributed by atoms with van der Waals surface area (Å²) in [6, 6.07) is 2.14. The van der Waals surface area contributed by atoms with Gasteiger partial charge in [0.05, 0.1) is 16.8 Å². The Balaban J connectivity index is 3.66. The van der Waals surface area contributed by atoms with Gasteiger partial charge in [0.15, 0.2) is 0 Å². The highest BCUT2D eigenvalue weighted by Crippen LogP contribution is 2.39. The van der Waals surface area contributed by atoms with Gasteiger partial charge in [-0.3, -0.25) is 0 Å². The molecule has 0 N–H and O–H groups in total. The first kappa shape index (κ1) is 11.8. The minimum absolute atomic E-state index is 0.417. The van der Waals surface area contributed by atoms with E-state index in [4.69, 9.17) is 10.8 Å². The third-order valence-corrected chi connectivity index (χ3v) is 1.69. The van der Waals surface area contributed by atoms with Crippen molar-refractivity contribution >= 4 is 5.69 Å². The summed E-state index contributed by atoms with van der Waals surface area (Å²) in [7, 11) is 0. The summed E-state index contributed by atoms with van der Waals surface area (Å²) in [6.07, 6.45) is -4.82. The van der Waals surface area contributed by atoms with Crippen molar-refractivity contribution in [1.82, 2.24) is 0 Å². The van der Waals surface area contributed by atoms with Crippen molar-refractivity contribution in [2.75, 3.05) is 0 Å². The van der Waals surface area contributed by atoms with Crippen LogP contribution in [0.5, 0.6) is 0 Å². The zero-order valence-electron chi connectivity index (χ0n) is 7.46. The van der Waals surface area contributed by atoms with Crippen LogP contribution in [-0.2, 0) is 6.18 Å². The van der Waals surface area contributed by atoms with E-state index in [1.54, 1.807) is 0 Å². The quantitative estimate of drug-likeness (QED) is 0.314. The van der Waals surface area contributed by atoms with E-state index in [2.05, 4.69) is 10.0 Å². The second-order valence-electron chi connectivity index (χ2n) is 2.62. The molecule has 4 nitrogen and oxygen atoms in total. The number of nitrogens with zero attached hydrogens (tertiary/aromatic N) is 4. The second-order valence-corrected chi connectivity index (χ2v) is 2.62. The van der Waals surface area contributed by atoms with Crippen LogP contribution in [0.1, 0.15) is 11.1 Å². The molecule has 0 atom stereocenters. The molecule has 1 aromatic carbocycles. The monoisotopic (exact) mass is 230 g/mol. The lowest BCUT2D eigenvalue weighted by atomic mass is 10.1. The molecule has 0 aliphatic rings. The Kier molecular flexibility index (Phi) is 3.01. The predicted octanol–water partition coefficient (Wildman–Crippen LogP) is 3.66. The Morgan fingerprint density at radius 2 is 2.00 bits per heavy atom. The molecule has 16 heavy (non-hydrogen) atoms. The topological polar surface area (TPSA) is 72.5 Å². The van der Waals surface area contributed by atoms with Crippen molar-refractivity contribution in [3.63, 3.8) is 0 Å². The van der Waals surface area contributed by atoms with E-state index in [0.29, 0.717) is 12.1 Å². The van der Waals surface area contributed by atoms with Crippen LogP contribution in [0, 0.1) is 17.1 Å². The van der Waals surface area contributed by atoms with Crippen molar-refractivity contribution < 1.29 is 17.6 Å². The average Bonchev–Trinajstić information content (AvgIpc) is 2.16. The van der Waals surface area contributed by atoms with Crippen molar-refractivity contribution in [2.24, 2.45) is 5.11 Å². The summed E-state index contributed by atoms with van der Waals surface area (Å²) >= 11 is 0. The van der Waals surface area contributed by atoms with Crippen LogP contribution in [-0.4, -0.2) is 0 Å². The van der Waals surface area contributed by atoms with Crippen molar-refractivity contribution in [3.05, 3.63) is 39.5 Å². The number of hydrogen-bond donors (Lipinski definition) is 0. The molecule has 1 aromatic rings. The molecule has 0 spiro atoms. The van der Waals surface area contributed by atoms with Gasteiger partial charge in [-0.15, -0.1) is 0 Å². The third kappa shape index (κ3) is 2.04. The van der Waals surface area contributed by atoms with E-state index < -0.39 is 28.8 Å². The van der Waals surface area contributed by atoms with Crippen LogP contribution in [0.2, 0.25) is 0 Å². The minimum atomic E-state index is -4.82. The lowest BCUT2D eigenvalue weighted by Gasteiger charge is -2.10. The molecule has 8 heteroatoms. The molecule has 0 saturated heterocycles. The molecule has 0 radical (unpaired) electrons. The van der Waals surface area contributed by atoms with E-state index in [0.717, 1.165) is 0 Å². The number of nitriles is 1. The maximum atomic E-state index is 13.0. The van der Waals surface area contributed by atoms with Gasteiger partial charge < -0.3 is 0 Å². The van der Waals surface area contributed by atoms with Crippen molar-refractivity contribution in [3.8, 4) is 6.07 Å². The smallest absolute Gasteiger partial charge is 0.206 e. The lowest BCUT2D eigenvalue weighted by molar-refractivity contribution is -0.137. The summed E-state index contributed by atoms with van der Waals surface area (Å²) in [6.45, 7) is 0. The largest absolute Gasteiger partial charge is 0.416 e. The number of benzene rings is 1. The number of halogens is 4. The zero-order valence-corrected chi connectivity index (χ0v) is 7.46. The number of azide groups is 1. The molecule has 0 saturated carbocycles. The van der Waals surface area contributed by atoms with Gasteiger partial charge in [0.2, 0.25) is 0 Å². The van der Waals surface area contributed by atoms with E-state index in [9.17, 15) is 17.6 Å². The highest BCUT2D eigenvalue weighted by Gasteiger charge is 2.34. The molecule has 0 unspecified atom stereocenters. The van der Waals surface area contributed by atoms with Crippen LogP contribution < -0.4 is 0 Å². The van der Waals surface area contributed by atoms with Crippen LogP contribution >= 0.6 is 0 Å². The maximum Gasteiger partial charge on any atom is 0.416 e. The third-order valence-electron chi connectivity index (χ3n) is 1.69. The normalized spacial score (nSPS) is 10.4. The molecule has 0 amide bonds. The molecular formula is C8H2F4N4. The lowest BCUT2D eigenvalue weighted by Crippen LogP contribution is -2.06. The highest BCUT2D eigenvalue weighted by atomic mass is 19.4. The van der Waals surface area contributed by atoms with Gasteiger partial charge in [0.25, 0.3) is 0 Å². The first-order valence-corrected chi connectivity index (χ1v) is 3.76. The first-order chi connectivity index (χ1) is 7.41. The van der Waals surface area contributed by atoms with Gasteiger partial charge in [-0.2, -0.15) is 18.4 Å². The number of alkyl halides is 3. The highest BCUT2D eigenvalue weighted by molar-refractivity contribution is 5.60. The average molecular weight is 230 g/mol. The standard InChI is InChI=1S/C8H2F4N4/c9-6-2-1-5(8(10,11)12)7(15-16-14)4(6)3-13/h1-2H. The molecule has 1 rings (SSSR count). The van der Waals surface area contributed by atoms with E-state index in [1.165, 1.54) is 6.07 Å². The molecular weight excluding hydrogens is 228 g/mol. The summed E-state index contributed by atoms with van der Waals surface area (Å²) in [4.78, 5) is 2.14. The van der Waals surface area contributed by atoms with Gasteiger partial charge in [-0.05, 0) is 17.7 Å². The summed E-state index contributed by atoms with van der Waals surface area (Å²) < 4.78 is 50.2. The molecule has 82 valence electrons. The molecule has 0 aliphatic carbocycles. The molecule has 0 aliphatic heterocycles. The van der Waals surface area contributed by atoms with Crippen molar-refractivity contribution in [1.29, 1.82) is 5.26 Å². The number of hydrogen-bond acceptors (Lipinski definition) is 2. The second kappa shape index (κ2) is 4.08. The zero-order chi connectivity index (χ0) is 12.3. The Morgan fingerprint density at radius 1 is 1.38 bits per heavy atom.